The van der Waals surface area contributed by atoms with Crippen LogP contribution in [0.3, 0.4) is 0 Å². The molecule has 2 N–H and O–H groups in total. The molecule has 7 nitrogen and oxygen atoms in total. The van der Waals surface area contributed by atoms with E-state index in [1.54, 1.807) is 13.8 Å². The third-order valence-corrected chi connectivity index (χ3v) is 5.14. The number of amides is 2. The van der Waals surface area contributed by atoms with Crippen molar-refractivity contribution in [1.82, 2.24) is 10.6 Å². The number of nitrogens with one attached hydrogen (secondary N) is 2. The standard InChI is InChI=1S/C10H17N2O5PS/c1-4-16-18(15,17-5-2)6-10(3)7(13)11-9(19)12-8(10)14/h4-6H2,1-3H3,(H2,11,12,13,14,19). The minimum Gasteiger partial charge on any atom is -0.309 e. The van der Waals surface area contributed by atoms with Crippen LogP contribution in [0.5, 0.6) is 0 Å². The van der Waals surface area contributed by atoms with Crippen LogP contribution in [0.15, 0.2) is 0 Å². The van der Waals surface area contributed by atoms with Crippen molar-refractivity contribution in [2.24, 2.45) is 5.41 Å². The van der Waals surface area contributed by atoms with Gasteiger partial charge in [0.05, 0.1) is 19.4 Å². The Kier molecular flexibility index (Phi) is 5.20. The summed E-state index contributed by atoms with van der Waals surface area (Å²) in [5.74, 6) is -1.22. The van der Waals surface area contributed by atoms with Crippen LogP contribution >= 0.6 is 19.8 Å². The third-order valence-electron chi connectivity index (χ3n) is 2.62. The van der Waals surface area contributed by atoms with Crippen molar-refractivity contribution in [2.45, 2.75) is 20.8 Å². The lowest BCUT2D eigenvalue weighted by Gasteiger charge is -2.33. The van der Waals surface area contributed by atoms with Gasteiger partial charge in [-0.1, -0.05) is 0 Å². The number of carbonyl (C=O) groups excluding carboxylic acids is 2. The second kappa shape index (κ2) is 6.09. The number of thiocarbonyl (C=S) groups is 1. The Labute approximate surface area is 116 Å². The summed E-state index contributed by atoms with van der Waals surface area (Å²) in [5.41, 5.74) is -1.54. The third kappa shape index (κ3) is 3.60. The second-order valence-electron chi connectivity index (χ2n) is 4.17. The molecule has 0 aromatic heterocycles. The average Bonchev–Trinajstić information content (AvgIpc) is 2.26. The first-order chi connectivity index (χ1) is 8.77. The van der Waals surface area contributed by atoms with Gasteiger partial charge in [-0.2, -0.15) is 0 Å². The first-order valence-electron chi connectivity index (χ1n) is 5.82. The molecule has 0 radical (unpaired) electrons. The van der Waals surface area contributed by atoms with Gasteiger partial charge >= 0.3 is 7.60 Å². The summed E-state index contributed by atoms with van der Waals surface area (Å²) in [6, 6.07) is 0. The van der Waals surface area contributed by atoms with E-state index in [-0.39, 0.29) is 24.5 Å². The van der Waals surface area contributed by atoms with E-state index in [9.17, 15) is 14.2 Å². The highest BCUT2D eigenvalue weighted by Gasteiger charge is 2.50. The monoisotopic (exact) mass is 308 g/mol. The number of carbonyl (C=O) groups is 2. The average molecular weight is 308 g/mol. The van der Waals surface area contributed by atoms with E-state index in [2.05, 4.69) is 10.6 Å². The van der Waals surface area contributed by atoms with Gasteiger partial charge < -0.3 is 19.7 Å². The fourth-order valence-electron chi connectivity index (χ4n) is 1.67. The Morgan fingerprint density at radius 2 is 1.58 bits per heavy atom. The molecule has 0 unspecified atom stereocenters. The molecule has 19 heavy (non-hydrogen) atoms. The SMILES string of the molecule is CCOP(=O)(CC1(C)C(=O)NC(=S)NC1=O)OCC. The zero-order valence-corrected chi connectivity index (χ0v) is 12.7. The lowest BCUT2D eigenvalue weighted by molar-refractivity contribution is -0.141. The lowest BCUT2D eigenvalue weighted by atomic mass is 9.89. The maximum Gasteiger partial charge on any atom is 0.332 e. The van der Waals surface area contributed by atoms with E-state index in [4.69, 9.17) is 21.3 Å². The van der Waals surface area contributed by atoms with Gasteiger partial charge in [-0.25, -0.2) is 0 Å². The van der Waals surface area contributed by atoms with Gasteiger partial charge in [0, 0.05) is 0 Å². The molecule has 1 aliphatic heterocycles. The van der Waals surface area contributed by atoms with Crippen molar-refractivity contribution >= 4 is 36.7 Å². The van der Waals surface area contributed by atoms with Crippen molar-refractivity contribution < 1.29 is 23.2 Å². The number of rotatable bonds is 6. The van der Waals surface area contributed by atoms with Gasteiger partial charge in [-0.15, -0.1) is 0 Å². The molecule has 0 aromatic rings. The predicted octanol–water partition coefficient (Wildman–Crippen LogP) is 0.790. The van der Waals surface area contributed by atoms with Gasteiger partial charge in [-0.05, 0) is 33.0 Å². The van der Waals surface area contributed by atoms with Crippen molar-refractivity contribution in [3.63, 3.8) is 0 Å². The fraction of sp³-hybridized carbons (Fsp3) is 0.700. The largest absolute Gasteiger partial charge is 0.332 e. The van der Waals surface area contributed by atoms with Gasteiger partial charge in [-0.3, -0.25) is 14.2 Å². The van der Waals surface area contributed by atoms with Crippen LogP contribution in [0.4, 0.5) is 0 Å². The van der Waals surface area contributed by atoms with E-state index in [1.807, 2.05) is 0 Å². The molecule has 0 aliphatic carbocycles. The second-order valence-corrected chi connectivity index (χ2v) is 6.64. The maximum atomic E-state index is 12.4. The van der Waals surface area contributed by atoms with Gasteiger partial charge in [0.2, 0.25) is 11.8 Å². The van der Waals surface area contributed by atoms with E-state index < -0.39 is 24.8 Å². The van der Waals surface area contributed by atoms with E-state index >= 15 is 0 Å². The first-order valence-corrected chi connectivity index (χ1v) is 7.96. The molecule has 0 spiro atoms. The van der Waals surface area contributed by atoms with Crippen LogP contribution in [0.2, 0.25) is 0 Å². The van der Waals surface area contributed by atoms with E-state index in [0.29, 0.717) is 0 Å². The van der Waals surface area contributed by atoms with E-state index in [0.717, 1.165) is 0 Å². The minimum absolute atomic E-state index is 0.0601. The molecular weight excluding hydrogens is 291 g/mol. The molecule has 0 atom stereocenters. The van der Waals surface area contributed by atoms with Crippen LogP contribution in [0.25, 0.3) is 0 Å². The Bertz CT molecular complexity index is 423. The maximum absolute atomic E-state index is 12.4. The fourth-order valence-corrected chi connectivity index (χ4v) is 3.96. The first kappa shape index (κ1) is 16.2. The Morgan fingerprint density at radius 1 is 1.16 bits per heavy atom. The van der Waals surface area contributed by atoms with Crippen LogP contribution in [0.1, 0.15) is 20.8 Å². The summed E-state index contributed by atoms with van der Waals surface area (Å²) in [7, 11) is -3.51. The van der Waals surface area contributed by atoms with Crippen molar-refractivity contribution in [2.75, 3.05) is 19.4 Å². The lowest BCUT2D eigenvalue weighted by Crippen LogP contribution is -2.62. The molecule has 2 amide bonds. The van der Waals surface area contributed by atoms with E-state index in [1.165, 1.54) is 6.92 Å². The molecule has 1 aliphatic rings. The zero-order valence-electron chi connectivity index (χ0n) is 11.0. The molecule has 0 bridgehead atoms. The van der Waals surface area contributed by atoms with Gasteiger partial charge in [0.25, 0.3) is 0 Å². The Hall–Kier alpha value is -0.820. The molecule has 108 valence electrons. The quantitative estimate of drug-likeness (QED) is 0.428. The highest BCUT2D eigenvalue weighted by molar-refractivity contribution is 7.80. The molecule has 9 heteroatoms. The molecular formula is C10H17N2O5PS. The highest BCUT2D eigenvalue weighted by Crippen LogP contribution is 2.52. The van der Waals surface area contributed by atoms with Crippen molar-refractivity contribution in [3.05, 3.63) is 0 Å². The van der Waals surface area contributed by atoms with Crippen LogP contribution in [-0.4, -0.2) is 36.3 Å². The summed E-state index contributed by atoms with van der Waals surface area (Å²) < 4.78 is 22.6. The number of hydrogen-bond acceptors (Lipinski definition) is 6. The van der Waals surface area contributed by atoms with Gasteiger partial charge in [0.1, 0.15) is 5.41 Å². The Balaban J connectivity index is 2.99. The predicted molar refractivity (Wildman–Crippen MR) is 72.7 cm³/mol. The normalized spacial score (nSPS) is 19.0. The summed E-state index contributed by atoms with van der Waals surface area (Å²) in [6.45, 7) is 5.02. The van der Waals surface area contributed by atoms with Crippen LogP contribution in [-0.2, 0) is 23.2 Å². The molecule has 1 saturated heterocycles. The molecule has 0 saturated carbocycles. The summed E-state index contributed by atoms with van der Waals surface area (Å²) >= 11 is 4.71. The molecule has 0 aromatic carbocycles. The van der Waals surface area contributed by atoms with Crippen LogP contribution < -0.4 is 10.6 Å². The van der Waals surface area contributed by atoms with Gasteiger partial charge in [0.15, 0.2) is 5.11 Å². The van der Waals surface area contributed by atoms with Crippen molar-refractivity contribution in [1.29, 1.82) is 0 Å². The Morgan fingerprint density at radius 3 is 1.95 bits per heavy atom. The summed E-state index contributed by atoms with van der Waals surface area (Å²) in [5, 5.41) is 4.61. The minimum atomic E-state index is -3.51. The molecule has 1 fully saturated rings. The topological polar surface area (TPSA) is 93.7 Å². The zero-order chi connectivity index (χ0) is 14.7. The summed E-state index contributed by atoms with van der Waals surface area (Å²) in [6.07, 6.45) is -0.331. The summed E-state index contributed by atoms with van der Waals surface area (Å²) in [4.78, 5) is 23.9. The smallest absolute Gasteiger partial charge is 0.309 e. The highest BCUT2D eigenvalue weighted by atomic mass is 32.1. The van der Waals surface area contributed by atoms with Crippen molar-refractivity contribution in [3.8, 4) is 0 Å². The molecule has 1 rings (SSSR count). The molecule has 1 heterocycles. The van der Waals surface area contributed by atoms with Crippen LogP contribution in [0, 0.1) is 5.41 Å². The number of hydrogen-bond donors (Lipinski definition) is 2.